The van der Waals surface area contributed by atoms with Crippen LogP contribution in [-0.2, 0) is 10.2 Å². The van der Waals surface area contributed by atoms with Crippen LogP contribution < -0.4 is 15.2 Å². The molecule has 1 saturated carbocycles. The number of pyridine rings is 1. The maximum Gasteiger partial charge on any atom is 0.404 e. The Labute approximate surface area is 218 Å². The molecule has 0 radical (unpaired) electrons. The minimum Gasteiger partial charge on any atom is -0.490 e. The van der Waals surface area contributed by atoms with Gasteiger partial charge in [0.05, 0.1) is 6.20 Å². The minimum absolute atomic E-state index is 0.00306. The highest BCUT2D eigenvalue weighted by Gasteiger charge is 2.33. The molecule has 2 aromatic heterocycles. The molecule has 2 heterocycles. The van der Waals surface area contributed by atoms with Crippen LogP contribution in [0.4, 0.5) is 9.18 Å². The van der Waals surface area contributed by atoms with Crippen molar-refractivity contribution < 1.29 is 27.9 Å². The molecule has 0 spiro atoms. The van der Waals surface area contributed by atoms with Crippen molar-refractivity contribution in [3.63, 3.8) is 0 Å². The first-order chi connectivity index (χ1) is 18.2. The lowest BCUT2D eigenvalue weighted by Gasteiger charge is -2.34. The van der Waals surface area contributed by atoms with E-state index in [1.165, 1.54) is 12.3 Å². The first-order valence-corrected chi connectivity index (χ1v) is 12.2. The number of ether oxygens (including phenoxy) is 3. The zero-order valence-corrected chi connectivity index (χ0v) is 21.2. The molecule has 2 N–H and O–H groups in total. The molecule has 0 bridgehead atoms. The summed E-state index contributed by atoms with van der Waals surface area (Å²) in [5, 5.41) is 3.70. The van der Waals surface area contributed by atoms with Gasteiger partial charge < -0.3 is 24.5 Å². The van der Waals surface area contributed by atoms with Crippen LogP contribution in [0.1, 0.15) is 43.7 Å². The predicted octanol–water partition coefficient (Wildman–Crippen LogP) is 5.70. The highest BCUT2D eigenvalue weighted by Crippen LogP contribution is 2.35. The van der Waals surface area contributed by atoms with E-state index in [1.54, 1.807) is 6.92 Å². The number of benzene rings is 2. The van der Waals surface area contributed by atoms with Crippen LogP contribution in [0.15, 0.2) is 65.3 Å². The maximum absolute atomic E-state index is 14.5. The Morgan fingerprint density at radius 1 is 1.00 bits per heavy atom. The summed E-state index contributed by atoms with van der Waals surface area (Å²) in [4.78, 5) is 18.9. The summed E-state index contributed by atoms with van der Waals surface area (Å²) in [6.45, 7) is 5.89. The normalized spacial score (nSPS) is 16.9. The Morgan fingerprint density at radius 3 is 2.18 bits per heavy atom. The van der Waals surface area contributed by atoms with Gasteiger partial charge in [0.2, 0.25) is 11.7 Å². The van der Waals surface area contributed by atoms with E-state index < -0.39 is 11.9 Å². The van der Waals surface area contributed by atoms with Gasteiger partial charge in [-0.2, -0.15) is 4.98 Å². The Morgan fingerprint density at radius 2 is 1.63 bits per heavy atom. The molecule has 196 valence electrons. The van der Waals surface area contributed by atoms with Gasteiger partial charge >= 0.3 is 6.09 Å². The number of nitrogens with two attached hydrogens (primary N) is 1. The summed E-state index contributed by atoms with van der Waals surface area (Å²) in [6, 6.07) is 16.8. The van der Waals surface area contributed by atoms with Gasteiger partial charge in [-0.05, 0) is 35.4 Å². The average molecular weight is 519 g/mol. The fourth-order valence-electron chi connectivity index (χ4n) is 4.30. The summed E-state index contributed by atoms with van der Waals surface area (Å²) in [6.07, 6.45) is 1.77. The second kappa shape index (κ2) is 10.1. The van der Waals surface area contributed by atoms with Crippen molar-refractivity contribution >= 4 is 6.09 Å². The Hall–Kier alpha value is -4.47. The van der Waals surface area contributed by atoms with Gasteiger partial charge in [-0.3, -0.25) is 0 Å². The van der Waals surface area contributed by atoms with Crippen molar-refractivity contribution in [3.05, 3.63) is 83.6 Å². The number of aryl methyl sites for hydroxylation is 1. The van der Waals surface area contributed by atoms with Crippen LogP contribution in [0.2, 0.25) is 0 Å². The lowest BCUT2D eigenvalue weighted by Crippen LogP contribution is -2.41. The number of hydrogen-bond donors (Lipinski definition) is 1. The van der Waals surface area contributed by atoms with E-state index in [4.69, 9.17) is 24.5 Å². The summed E-state index contributed by atoms with van der Waals surface area (Å²) in [5.74, 6) is 1.38. The van der Waals surface area contributed by atoms with Gasteiger partial charge in [0.15, 0.2) is 5.82 Å². The second-order valence-electron chi connectivity index (χ2n) is 9.68. The molecule has 1 fully saturated rings. The molecule has 0 atom stereocenters. The summed E-state index contributed by atoms with van der Waals surface area (Å²) >= 11 is 0. The van der Waals surface area contributed by atoms with Crippen molar-refractivity contribution in [2.45, 2.75) is 51.2 Å². The first-order valence-electron chi connectivity index (χ1n) is 12.2. The summed E-state index contributed by atoms with van der Waals surface area (Å²) in [7, 11) is 0. The molecular weight excluding hydrogens is 491 g/mol. The fraction of sp³-hybridized carbons (Fsp3) is 0.286. The highest BCUT2D eigenvalue weighted by atomic mass is 19.1. The van der Waals surface area contributed by atoms with Crippen LogP contribution in [0, 0.1) is 12.7 Å². The van der Waals surface area contributed by atoms with E-state index >= 15 is 0 Å². The number of carbonyl (C=O) groups excluding carboxylic acids is 1. The zero-order valence-electron chi connectivity index (χ0n) is 21.2. The van der Waals surface area contributed by atoms with Crippen LogP contribution in [0.5, 0.6) is 17.2 Å². The van der Waals surface area contributed by atoms with Gasteiger partial charge in [0.1, 0.15) is 35.2 Å². The third-order valence-electron chi connectivity index (χ3n) is 6.58. The van der Waals surface area contributed by atoms with Crippen LogP contribution in [0.3, 0.4) is 0 Å². The molecule has 10 heteroatoms. The molecule has 1 aliphatic carbocycles. The third kappa shape index (κ3) is 5.44. The van der Waals surface area contributed by atoms with Gasteiger partial charge in [-0.1, -0.05) is 43.3 Å². The number of rotatable bonds is 8. The number of aromatic nitrogens is 3. The van der Waals surface area contributed by atoms with E-state index in [2.05, 4.69) is 29.0 Å². The quantitative estimate of drug-likeness (QED) is 0.315. The van der Waals surface area contributed by atoms with Crippen molar-refractivity contribution in [2.75, 3.05) is 0 Å². The Bertz CT molecular complexity index is 1430. The molecule has 0 aliphatic heterocycles. The van der Waals surface area contributed by atoms with E-state index in [9.17, 15) is 9.18 Å². The molecule has 4 aromatic rings. The minimum atomic E-state index is -0.754. The molecule has 1 aliphatic rings. The molecule has 5 rings (SSSR count). The smallest absolute Gasteiger partial charge is 0.404 e. The average Bonchev–Trinajstić information content (AvgIpc) is 3.29. The van der Waals surface area contributed by atoms with E-state index in [0.717, 1.165) is 16.9 Å². The number of amides is 1. The monoisotopic (exact) mass is 518 g/mol. The lowest BCUT2D eigenvalue weighted by atomic mass is 9.78. The number of carbonyl (C=O) groups is 1. The van der Waals surface area contributed by atoms with Gasteiger partial charge in [-0.25, -0.2) is 14.2 Å². The molecular formula is C28H27FN4O5. The highest BCUT2D eigenvalue weighted by molar-refractivity contribution is 5.64. The van der Waals surface area contributed by atoms with Crippen molar-refractivity contribution in [1.29, 1.82) is 0 Å². The zero-order chi connectivity index (χ0) is 26.9. The van der Waals surface area contributed by atoms with Gasteiger partial charge in [0.25, 0.3) is 0 Å². The second-order valence-corrected chi connectivity index (χ2v) is 9.68. The molecule has 0 unspecified atom stereocenters. The third-order valence-corrected chi connectivity index (χ3v) is 6.58. The Balaban J connectivity index is 1.21. The topological polar surface area (TPSA) is 123 Å². The lowest BCUT2D eigenvalue weighted by molar-refractivity contribution is -0.0197. The summed E-state index contributed by atoms with van der Waals surface area (Å²) < 4.78 is 36.2. The molecule has 9 nitrogen and oxygen atoms in total. The number of halogens is 1. The van der Waals surface area contributed by atoms with E-state index in [-0.39, 0.29) is 34.9 Å². The Kier molecular flexibility index (Phi) is 6.71. The largest absolute Gasteiger partial charge is 0.490 e. The number of nitrogens with zero attached hydrogens (tertiary/aromatic N) is 3. The van der Waals surface area contributed by atoms with Crippen molar-refractivity contribution in [2.24, 2.45) is 5.73 Å². The van der Waals surface area contributed by atoms with Gasteiger partial charge in [0, 0.05) is 31.2 Å². The summed E-state index contributed by atoms with van der Waals surface area (Å²) in [5.41, 5.74) is 6.95. The maximum atomic E-state index is 14.5. The van der Waals surface area contributed by atoms with E-state index in [1.807, 2.05) is 48.5 Å². The number of primary amides is 1. The van der Waals surface area contributed by atoms with E-state index in [0.29, 0.717) is 24.5 Å². The van der Waals surface area contributed by atoms with Crippen LogP contribution >= 0.6 is 0 Å². The van der Waals surface area contributed by atoms with Crippen LogP contribution in [-0.4, -0.2) is 33.4 Å². The molecule has 38 heavy (non-hydrogen) atoms. The first kappa shape index (κ1) is 25.2. The number of hydrogen-bond acceptors (Lipinski definition) is 8. The van der Waals surface area contributed by atoms with Crippen LogP contribution in [0.25, 0.3) is 11.5 Å². The molecule has 2 aromatic carbocycles. The predicted molar refractivity (Wildman–Crippen MR) is 135 cm³/mol. The van der Waals surface area contributed by atoms with Crippen molar-refractivity contribution in [1.82, 2.24) is 15.1 Å². The standard InChI is InChI=1S/C28H27FN4O5/c1-16-32-26(33-38-16)25-24(29)14-23(15-31-25)36-20-10-6-18(7-11-20)28(2,3)17-4-8-19(9-5-17)35-21-12-22(13-21)37-27(30)34/h4-11,14-15,21-22H,12-13H2,1-3H3,(H2,30,34). The fourth-order valence-corrected chi connectivity index (χ4v) is 4.30. The molecule has 0 saturated heterocycles. The van der Waals surface area contributed by atoms with Crippen molar-refractivity contribution in [3.8, 4) is 28.8 Å². The SMILES string of the molecule is Cc1nc(-c2ncc(Oc3ccc(C(C)(C)c4ccc(OC5CC(OC(N)=O)C5)cc4)cc3)cc2F)no1. The molecule has 1 amide bonds. The van der Waals surface area contributed by atoms with Gasteiger partial charge in [-0.15, -0.1) is 0 Å².